The molecule has 1 heterocycles. The first-order valence-electron chi connectivity index (χ1n) is 7.55. The van der Waals surface area contributed by atoms with Gasteiger partial charge in [-0.05, 0) is 31.4 Å². The van der Waals surface area contributed by atoms with Gasteiger partial charge in [-0.15, -0.1) is 12.4 Å². The van der Waals surface area contributed by atoms with Crippen molar-refractivity contribution in [1.29, 1.82) is 0 Å². The Bertz CT molecular complexity index is 560. The highest BCUT2D eigenvalue weighted by Crippen LogP contribution is 2.35. The number of nitrogens with two attached hydrogens (primary N) is 1. The molecule has 1 aromatic rings. The van der Waals surface area contributed by atoms with Crippen LogP contribution in [0.5, 0.6) is 0 Å². The molecule has 24 heavy (non-hydrogen) atoms. The first kappa shape index (κ1) is 20.7. The standard InChI is InChI=1S/C16H21F3N2O2.ClH/c1-11(12-4-2-3-5-13(12)16(17,18)19)21-14(22)15(10-20)6-8-23-9-7-15;/h2-5,11H,6-10,20H2,1H3,(H,21,22);1H. The zero-order chi connectivity index (χ0) is 17.1. The average Bonchev–Trinajstić information content (AvgIpc) is 2.54. The summed E-state index contributed by atoms with van der Waals surface area (Å²) in [6.45, 7) is 2.55. The van der Waals surface area contributed by atoms with Crippen molar-refractivity contribution >= 4 is 18.3 Å². The third-order valence-electron chi connectivity index (χ3n) is 4.40. The summed E-state index contributed by atoms with van der Waals surface area (Å²) >= 11 is 0. The third kappa shape index (κ3) is 4.40. The smallest absolute Gasteiger partial charge is 0.381 e. The summed E-state index contributed by atoms with van der Waals surface area (Å²) in [5.41, 5.74) is 4.31. The van der Waals surface area contributed by atoms with E-state index >= 15 is 0 Å². The fourth-order valence-corrected chi connectivity index (χ4v) is 2.85. The van der Waals surface area contributed by atoms with Gasteiger partial charge in [0.25, 0.3) is 0 Å². The van der Waals surface area contributed by atoms with E-state index in [2.05, 4.69) is 5.32 Å². The molecule has 1 atom stereocenters. The predicted molar refractivity (Wildman–Crippen MR) is 86.8 cm³/mol. The largest absolute Gasteiger partial charge is 0.416 e. The Morgan fingerprint density at radius 3 is 2.46 bits per heavy atom. The topological polar surface area (TPSA) is 64.4 Å². The number of carbonyl (C=O) groups is 1. The van der Waals surface area contributed by atoms with Crippen LogP contribution in [-0.2, 0) is 15.7 Å². The number of hydrogen-bond donors (Lipinski definition) is 2. The first-order valence-corrected chi connectivity index (χ1v) is 7.55. The Hall–Kier alpha value is -1.31. The zero-order valence-electron chi connectivity index (χ0n) is 13.4. The molecule has 0 aliphatic carbocycles. The summed E-state index contributed by atoms with van der Waals surface area (Å²) in [6, 6.07) is 4.51. The van der Waals surface area contributed by atoms with Crippen molar-refractivity contribution in [3.63, 3.8) is 0 Å². The zero-order valence-corrected chi connectivity index (χ0v) is 14.2. The van der Waals surface area contributed by atoms with Crippen LogP contribution in [0.15, 0.2) is 24.3 Å². The average molecular weight is 367 g/mol. The Labute approximate surface area is 145 Å². The fraction of sp³-hybridized carbons (Fsp3) is 0.562. The van der Waals surface area contributed by atoms with Crippen molar-refractivity contribution in [2.24, 2.45) is 11.1 Å². The van der Waals surface area contributed by atoms with Gasteiger partial charge in [-0.25, -0.2) is 0 Å². The molecule has 1 aliphatic rings. The minimum absolute atomic E-state index is 0. The lowest BCUT2D eigenvalue weighted by Gasteiger charge is -2.35. The fourth-order valence-electron chi connectivity index (χ4n) is 2.85. The lowest BCUT2D eigenvalue weighted by atomic mass is 9.79. The van der Waals surface area contributed by atoms with E-state index in [0.717, 1.165) is 6.07 Å². The Balaban J connectivity index is 0.00000288. The van der Waals surface area contributed by atoms with Crippen LogP contribution < -0.4 is 11.1 Å². The minimum atomic E-state index is -4.46. The van der Waals surface area contributed by atoms with E-state index in [0.29, 0.717) is 26.1 Å². The molecule has 2 rings (SSSR count). The summed E-state index contributed by atoms with van der Waals surface area (Å²) < 4.78 is 44.5. The second-order valence-corrected chi connectivity index (χ2v) is 5.88. The highest BCUT2D eigenvalue weighted by molar-refractivity contribution is 5.85. The van der Waals surface area contributed by atoms with Gasteiger partial charge in [-0.2, -0.15) is 13.2 Å². The van der Waals surface area contributed by atoms with E-state index in [-0.39, 0.29) is 30.4 Å². The lowest BCUT2D eigenvalue weighted by Crippen LogP contribution is -2.49. The molecular weight excluding hydrogens is 345 g/mol. The van der Waals surface area contributed by atoms with Crippen molar-refractivity contribution in [2.45, 2.75) is 32.0 Å². The summed E-state index contributed by atoms with van der Waals surface area (Å²) in [6.07, 6.45) is -3.51. The summed E-state index contributed by atoms with van der Waals surface area (Å²) in [5.74, 6) is -0.312. The minimum Gasteiger partial charge on any atom is -0.381 e. The molecular formula is C16H22ClF3N2O2. The lowest BCUT2D eigenvalue weighted by molar-refractivity contribution is -0.140. The number of benzene rings is 1. The van der Waals surface area contributed by atoms with Crippen molar-refractivity contribution in [3.05, 3.63) is 35.4 Å². The number of halogens is 4. The molecule has 136 valence electrons. The number of carbonyl (C=O) groups excluding carboxylic acids is 1. The van der Waals surface area contributed by atoms with Crippen LogP contribution in [-0.4, -0.2) is 25.7 Å². The highest BCUT2D eigenvalue weighted by atomic mass is 35.5. The van der Waals surface area contributed by atoms with Gasteiger partial charge in [0, 0.05) is 19.8 Å². The molecule has 1 unspecified atom stereocenters. The summed E-state index contributed by atoms with van der Waals surface area (Å²) in [7, 11) is 0. The van der Waals surface area contributed by atoms with Crippen LogP contribution >= 0.6 is 12.4 Å². The molecule has 0 aromatic heterocycles. The maximum absolute atomic E-state index is 13.1. The van der Waals surface area contributed by atoms with Gasteiger partial charge >= 0.3 is 6.18 Å². The van der Waals surface area contributed by atoms with E-state index in [9.17, 15) is 18.0 Å². The third-order valence-corrected chi connectivity index (χ3v) is 4.40. The predicted octanol–water partition coefficient (Wildman–Crippen LogP) is 3.06. The normalized spacial score (nSPS) is 18.4. The number of amides is 1. The van der Waals surface area contributed by atoms with Crippen LogP contribution in [0.4, 0.5) is 13.2 Å². The van der Waals surface area contributed by atoms with Gasteiger partial charge in [0.15, 0.2) is 0 Å². The molecule has 0 saturated carbocycles. The molecule has 1 amide bonds. The van der Waals surface area contributed by atoms with E-state index in [1.165, 1.54) is 18.2 Å². The van der Waals surface area contributed by atoms with E-state index in [1.807, 2.05) is 0 Å². The van der Waals surface area contributed by atoms with E-state index in [4.69, 9.17) is 10.5 Å². The van der Waals surface area contributed by atoms with Crippen LogP contribution in [0, 0.1) is 5.41 Å². The number of alkyl halides is 3. The van der Waals surface area contributed by atoms with Crippen LogP contribution in [0.25, 0.3) is 0 Å². The second-order valence-electron chi connectivity index (χ2n) is 5.88. The molecule has 1 aliphatic heterocycles. The highest BCUT2D eigenvalue weighted by Gasteiger charge is 2.40. The van der Waals surface area contributed by atoms with Crippen molar-refractivity contribution in [2.75, 3.05) is 19.8 Å². The number of hydrogen-bond acceptors (Lipinski definition) is 3. The van der Waals surface area contributed by atoms with Gasteiger partial charge in [-0.1, -0.05) is 18.2 Å². The molecule has 1 saturated heterocycles. The molecule has 0 radical (unpaired) electrons. The molecule has 0 spiro atoms. The van der Waals surface area contributed by atoms with Crippen LogP contribution in [0.1, 0.15) is 36.9 Å². The number of rotatable bonds is 4. The molecule has 8 heteroatoms. The van der Waals surface area contributed by atoms with E-state index in [1.54, 1.807) is 6.92 Å². The monoisotopic (exact) mass is 366 g/mol. The molecule has 1 aromatic carbocycles. The van der Waals surface area contributed by atoms with Crippen molar-refractivity contribution < 1.29 is 22.7 Å². The van der Waals surface area contributed by atoms with Gasteiger partial charge in [0.1, 0.15) is 0 Å². The number of ether oxygens (including phenoxy) is 1. The molecule has 1 fully saturated rings. The quantitative estimate of drug-likeness (QED) is 0.860. The van der Waals surface area contributed by atoms with Crippen LogP contribution in [0.2, 0.25) is 0 Å². The van der Waals surface area contributed by atoms with Crippen molar-refractivity contribution in [3.8, 4) is 0 Å². The molecule has 3 N–H and O–H groups in total. The summed E-state index contributed by atoms with van der Waals surface area (Å²) in [5, 5.41) is 2.70. The maximum Gasteiger partial charge on any atom is 0.416 e. The van der Waals surface area contributed by atoms with Crippen LogP contribution in [0.3, 0.4) is 0 Å². The van der Waals surface area contributed by atoms with E-state index < -0.39 is 23.2 Å². The van der Waals surface area contributed by atoms with Gasteiger partial charge < -0.3 is 15.8 Å². The number of nitrogens with one attached hydrogen (secondary N) is 1. The Morgan fingerprint density at radius 1 is 1.33 bits per heavy atom. The maximum atomic E-state index is 13.1. The second kappa shape index (κ2) is 8.18. The van der Waals surface area contributed by atoms with Crippen molar-refractivity contribution in [1.82, 2.24) is 5.32 Å². The SMILES string of the molecule is CC(NC(=O)C1(CN)CCOCC1)c1ccccc1C(F)(F)F.Cl. The molecule has 0 bridgehead atoms. The first-order chi connectivity index (χ1) is 10.8. The summed E-state index contributed by atoms with van der Waals surface area (Å²) in [4.78, 5) is 12.6. The van der Waals surface area contributed by atoms with Gasteiger partial charge in [-0.3, -0.25) is 4.79 Å². The van der Waals surface area contributed by atoms with Gasteiger partial charge in [0.05, 0.1) is 17.0 Å². The Morgan fingerprint density at radius 2 is 1.92 bits per heavy atom. The van der Waals surface area contributed by atoms with Gasteiger partial charge in [0.2, 0.25) is 5.91 Å². The molecule has 4 nitrogen and oxygen atoms in total. The Kier molecular flexibility index (Phi) is 7.07.